The van der Waals surface area contributed by atoms with Crippen LogP contribution in [-0.4, -0.2) is 20.7 Å². The quantitative estimate of drug-likeness (QED) is 0.676. The molecule has 0 bridgehead atoms. The van der Waals surface area contributed by atoms with Gasteiger partial charge in [-0.3, -0.25) is 4.79 Å². The number of alkyl halides is 3. The predicted octanol–water partition coefficient (Wildman–Crippen LogP) is 3.11. The molecule has 1 N–H and O–H groups in total. The highest BCUT2D eigenvalue weighted by atomic mass is 35.6. The minimum absolute atomic E-state index is 0.241. The number of ketones is 1. The number of carbonyl (C=O) groups is 1. The molecule has 0 spiro atoms. The predicted molar refractivity (Wildman–Crippen MR) is 59.1 cm³/mol. The molecule has 1 aliphatic carbocycles. The molecule has 0 atom stereocenters. The molecular formula is C9H8Cl3NO2. The number of nitrogens with one attached hydrogen (secondary N) is 1. The van der Waals surface area contributed by atoms with Crippen LogP contribution in [0.5, 0.6) is 5.88 Å². The lowest BCUT2D eigenvalue weighted by Gasteiger charge is -2.07. The second kappa shape index (κ2) is 3.89. The van der Waals surface area contributed by atoms with Crippen LogP contribution in [0.1, 0.15) is 23.3 Å². The summed E-state index contributed by atoms with van der Waals surface area (Å²) in [5.41, 5.74) is 0.241. The number of carbonyl (C=O) groups excluding carboxylic acids is 1. The molecule has 0 amide bonds. The highest BCUT2D eigenvalue weighted by Gasteiger charge is 2.33. The molecule has 1 aliphatic rings. The summed E-state index contributed by atoms with van der Waals surface area (Å²) in [5.74, 6) is -0.0479. The molecule has 1 saturated carbocycles. The topological polar surface area (TPSA) is 42.1 Å². The molecule has 0 aliphatic heterocycles. The average molecular weight is 269 g/mol. The monoisotopic (exact) mass is 267 g/mol. The third-order valence-corrected chi connectivity index (χ3v) is 2.49. The Balaban J connectivity index is 2.08. The van der Waals surface area contributed by atoms with Crippen LogP contribution in [0.15, 0.2) is 12.1 Å². The fourth-order valence-corrected chi connectivity index (χ4v) is 1.40. The van der Waals surface area contributed by atoms with Crippen molar-refractivity contribution >= 4 is 40.6 Å². The van der Waals surface area contributed by atoms with Crippen molar-refractivity contribution in [2.45, 2.75) is 22.7 Å². The van der Waals surface area contributed by atoms with Crippen molar-refractivity contribution in [2.75, 3.05) is 0 Å². The van der Waals surface area contributed by atoms with E-state index in [1.54, 1.807) is 12.1 Å². The van der Waals surface area contributed by atoms with Crippen molar-refractivity contribution in [1.82, 2.24) is 4.98 Å². The number of rotatable bonds is 3. The normalized spacial score (nSPS) is 16.5. The van der Waals surface area contributed by atoms with Gasteiger partial charge in [-0.25, -0.2) is 0 Å². The summed E-state index contributed by atoms with van der Waals surface area (Å²) in [4.78, 5) is 14.3. The van der Waals surface area contributed by atoms with Gasteiger partial charge in [0.05, 0.1) is 5.69 Å². The van der Waals surface area contributed by atoms with Gasteiger partial charge >= 0.3 is 0 Å². The van der Waals surface area contributed by atoms with Crippen LogP contribution in [-0.2, 0) is 0 Å². The molecule has 82 valence electrons. The van der Waals surface area contributed by atoms with Gasteiger partial charge in [0.1, 0.15) is 6.10 Å². The number of hydrogen-bond donors (Lipinski definition) is 1. The van der Waals surface area contributed by atoms with Crippen LogP contribution in [0.25, 0.3) is 0 Å². The summed E-state index contributed by atoms with van der Waals surface area (Å²) in [6, 6.07) is 3.20. The maximum Gasteiger partial charge on any atom is 0.254 e. The Hall–Kier alpha value is -0.380. The first kappa shape index (κ1) is 11.1. The summed E-state index contributed by atoms with van der Waals surface area (Å²) in [5, 5.41) is 0. The second-order valence-electron chi connectivity index (χ2n) is 3.38. The molecule has 1 heterocycles. The summed E-state index contributed by atoms with van der Waals surface area (Å²) in [6.07, 6.45) is 2.36. The Kier molecular flexibility index (Phi) is 2.88. The van der Waals surface area contributed by atoms with Crippen molar-refractivity contribution in [3.8, 4) is 5.88 Å². The molecule has 1 aromatic rings. The Bertz CT molecular complexity index is 379. The molecule has 0 aromatic carbocycles. The van der Waals surface area contributed by atoms with Crippen LogP contribution in [0.3, 0.4) is 0 Å². The molecule has 0 radical (unpaired) electrons. The molecule has 1 fully saturated rings. The zero-order valence-electron chi connectivity index (χ0n) is 7.60. The van der Waals surface area contributed by atoms with Crippen molar-refractivity contribution in [2.24, 2.45) is 0 Å². The fourth-order valence-electron chi connectivity index (χ4n) is 1.09. The number of H-pyrrole nitrogens is 1. The van der Waals surface area contributed by atoms with E-state index in [4.69, 9.17) is 39.5 Å². The van der Waals surface area contributed by atoms with E-state index >= 15 is 0 Å². The number of halogens is 3. The Morgan fingerprint density at radius 2 is 2.07 bits per heavy atom. The van der Waals surface area contributed by atoms with E-state index in [1.807, 2.05) is 0 Å². The van der Waals surface area contributed by atoms with E-state index in [9.17, 15) is 4.79 Å². The van der Waals surface area contributed by atoms with E-state index in [2.05, 4.69) is 4.98 Å². The van der Waals surface area contributed by atoms with Crippen molar-refractivity contribution in [3.63, 3.8) is 0 Å². The molecule has 1 aromatic heterocycles. The van der Waals surface area contributed by atoms with E-state index in [1.165, 1.54) is 0 Å². The summed E-state index contributed by atoms with van der Waals surface area (Å²) in [6.45, 7) is 0. The largest absolute Gasteiger partial charge is 0.476 e. The molecule has 15 heavy (non-hydrogen) atoms. The van der Waals surface area contributed by atoms with E-state index in [-0.39, 0.29) is 11.8 Å². The number of aromatic nitrogens is 1. The first-order valence-electron chi connectivity index (χ1n) is 4.44. The molecular weight excluding hydrogens is 260 g/mol. The third-order valence-electron chi connectivity index (χ3n) is 1.98. The Labute approximate surface area is 102 Å². The molecule has 2 rings (SSSR count). The van der Waals surface area contributed by atoms with E-state index in [0.29, 0.717) is 5.88 Å². The minimum atomic E-state index is -1.93. The molecule has 3 nitrogen and oxygen atoms in total. The highest BCUT2D eigenvalue weighted by Crippen LogP contribution is 2.31. The van der Waals surface area contributed by atoms with Gasteiger partial charge < -0.3 is 9.72 Å². The lowest BCUT2D eigenvalue weighted by Crippen LogP contribution is -2.19. The van der Waals surface area contributed by atoms with Gasteiger partial charge in [-0.1, -0.05) is 34.8 Å². The van der Waals surface area contributed by atoms with Crippen LogP contribution >= 0.6 is 34.8 Å². The highest BCUT2D eigenvalue weighted by molar-refractivity contribution is 6.77. The van der Waals surface area contributed by atoms with Gasteiger partial charge in [0.25, 0.3) is 3.79 Å². The molecule has 0 saturated heterocycles. The standard InChI is InChI=1S/C9H8Cl3NO2/c10-9(11,12)8(14)6-3-4-7(13-6)15-5-1-2-5/h3-5,13H,1-2H2. The van der Waals surface area contributed by atoms with Crippen molar-refractivity contribution < 1.29 is 9.53 Å². The summed E-state index contributed by atoms with van der Waals surface area (Å²) >= 11 is 16.4. The van der Waals surface area contributed by atoms with Crippen molar-refractivity contribution in [3.05, 3.63) is 17.8 Å². The Morgan fingerprint density at radius 3 is 2.60 bits per heavy atom. The number of aromatic amines is 1. The third kappa shape index (κ3) is 2.80. The van der Waals surface area contributed by atoms with Crippen molar-refractivity contribution in [1.29, 1.82) is 0 Å². The van der Waals surface area contributed by atoms with Gasteiger partial charge in [-0.05, 0) is 18.9 Å². The Morgan fingerprint density at radius 1 is 1.40 bits per heavy atom. The maximum absolute atomic E-state index is 11.5. The lowest BCUT2D eigenvalue weighted by molar-refractivity contribution is 0.0991. The average Bonchev–Trinajstić information content (AvgIpc) is 2.80. The van der Waals surface area contributed by atoms with Crippen LogP contribution in [0.4, 0.5) is 0 Å². The van der Waals surface area contributed by atoms with Crippen LogP contribution in [0.2, 0.25) is 0 Å². The van der Waals surface area contributed by atoms with Gasteiger partial charge in [-0.15, -0.1) is 0 Å². The molecule has 0 unspecified atom stereocenters. The van der Waals surface area contributed by atoms with Gasteiger partial charge in [0, 0.05) is 6.07 Å². The SMILES string of the molecule is O=C(c1ccc(OC2CC2)[nH]1)C(Cl)(Cl)Cl. The minimum Gasteiger partial charge on any atom is -0.476 e. The molecule has 6 heteroatoms. The summed E-state index contributed by atoms with van der Waals surface area (Å²) < 4.78 is 3.50. The zero-order chi connectivity index (χ0) is 11.1. The lowest BCUT2D eigenvalue weighted by atomic mass is 10.3. The number of Topliss-reactive ketones (excluding diaryl/α,β-unsaturated/α-hetero) is 1. The van der Waals surface area contributed by atoms with Gasteiger partial charge in [0.15, 0.2) is 5.88 Å². The first-order chi connectivity index (χ1) is 6.97. The smallest absolute Gasteiger partial charge is 0.254 e. The number of ether oxygens (including phenoxy) is 1. The van der Waals surface area contributed by atoms with Gasteiger partial charge in [-0.2, -0.15) is 0 Å². The number of hydrogen-bond acceptors (Lipinski definition) is 2. The second-order valence-corrected chi connectivity index (χ2v) is 5.66. The van der Waals surface area contributed by atoms with Gasteiger partial charge in [0.2, 0.25) is 5.78 Å². The van der Waals surface area contributed by atoms with E-state index < -0.39 is 9.58 Å². The van der Waals surface area contributed by atoms with Crippen LogP contribution < -0.4 is 4.74 Å². The zero-order valence-corrected chi connectivity index (χ0v) is 9.86. The first-order valence-corrected chi connectivity index (χ1v) is 5.57. The van der Waals surface area contributed by atoms with E-state index in [0.717, 1.165) is 12.8 Å². The summed E-state index contributed by atoms with van der Waals surface area (Å²) in [7, 11) is 0. The fraction of sp³-hybridized carbons (Fsp3) is 0.444. The van der Waals surface area contributed by atoms with Crippen LogP contribution in [0, 0.1) is 0 Å². The maximum atomic E-state index is 11.5.